The number of amides is 1. The highest BCUT2D eigenvalue weighted by atomic mass is 32.1. The average molecular weight is 493 g/mol. The van der Waals surface area contributed by atoms with Gasteiger partial charge in [-0.25, -0.2) is 4.98 Å². The molecule has 1 aliphatic heterocycles. The van der Waals surface area contributed by atoms with Gasteiger partial charge in [-0.3, -0.25) is 18.9 Å². The van der Waals surface area contributed by atoms with Crippen molar-refractivity contribution in [1.82, 2.24) is 29.3 Å². The third-order valence-corrected chi connectivity index (χ3v) is 7.08. The summed E-state index contributed by atoms with van der Waals surface area (Å²) < 4.78 is 6.93. The van der Waals surface area contributed by atoms with Gasteiger partial charge in [-0.05, 0) is 11.5 Å². The largest absolute Gasteiger partial charge is 0.340 e. The number of benzene rings is 1. The quantitative estimate of drug-likeness (QED) is 0.391. The highest BCUT2D eigenvalue weighted by Crippen LogP contribution is 2.21. The van der Waals surface area contributed by atoms with Crippen molar-refractivity contribution in [3.05, 3.63) is 69.4 Å². The molecule has 1 fully saturated rings. The topological polar surface area (TPSA) is 96.8 Å². The van der Waals surface area contributed by atoms with Crippen LogP contribution in [0, 0.1) is 0 Å². The highest BCUT2D eigenvalue weighted by molar-refractivity contribution is 7.15. The molecular formula is C25H28N6O3S. The maximum atomic E-state index is 12.7. The SMILES string of the molecule is CC(C)c1ccc(-c2noc(CCC(=O)N3CCN(Cc4cc(=O)n5ccsc5n4)CC3)n2)cc1. The van der Waals surface area contributed by atoms with Crippen LogP contribution in [-0.4, -0.2) is 61.4 Å². The van der Waals surface area contributed by atoms with Gasteiger partial charge in [0.1, 0.15) is 0 Å². The first kappa shape index (κ1) is 23.4. The fraction of sp³-hybridized carbons (Fsp3) is 0.400. The Balaban J connectivity index is 1.10. The number of carbonyl (C=O) groups excluding carboxylic acids is 1. The number of nitrogens with zero attached hydrogens (tertiary/aromatic N) is 6. The van der Waals surface area contributed by atoms with E-state index in [2.05, 4.69) is 46.0 Å². The lowest BCUT2D eigenvalue weighted by Gasteiger charge is -2.34. The first-order valence-corrected chi connectivity index (χ1v) is 12.7. The number of hydrogen-bond acceptors (Lipinski definition) is 8. The molecule has 182 valence electrons. The Kier molecular flexibility index (Phi) is 6.74. The molecular weight excluding hydrogens is 464 g/mol. The van der Waals surface area contributed by atoms with Gasteiger partial charge in [-0.2, -0.15) is 4.98 Å². The zero-order valence-electron chi connectivity index (χ0n) is 19.9. The second-order valence-corrected chi connectivity index (χ2v) is 9.96. The van der Waals surface area contributed by atoms with Gasteiger partial charge in [0, 0.05) is 68.8 Å². The second-order valence-electron chi connectivity index (χ2n) is 9.09. The molecule has 3 aromatic heterocycles. The molecule has 0 aliphatic carbocycles. The van der Waals surface area contributed by atoms with E-state index in [0.29, 0.717) is 55.1 Å². The first-order chi connectivity index (χ1) is 17.0. The zero-order chi connectivity index (χ0) is 24.4. The maximum absolute atomic E-state index is 12.7. The maximum Gasteiger partial charge on any atom is 0.258 e. The number of hydrogen-bond donors (Lipinski definition) is 0. The molecule has 4 aromatic rings. The van der Waals surface area contributed by atoms with Crippen LogP contribution in [0.15, 0.2) is 51.2 Å². The summed E-state index contributed by atoms with van der Waals surface area (Å²) in [4.78, 5) is 38.8. The van der Waals surface area contributed by atoms with Crippen molar-refractivity contribution in [1.29, 1.82) is 0 Å². The lowest BCUT2D eigenvalue weighted by molar-refractivity contribution is -0.133. The van der Waals surface area contributed by atoms with Crippen LogP contribution in [0.1, 0.15) is 43.3 Å². The van der Waals surface area contributed by atoms with Gasteiger partial charge in [-0.1, -0.05) is 43.3 Å². The summed E-state index contributed by atoms with van der Waals surface area (Å²) in [7, 11) is 0. The van der Waals surface area contributed by atoms with E-state index in [4.69, 9.17) is 4.52 Å². The lowest BCUT2D eigenvalue weighted by atomic mass is 10.0. The molecule has 0 spiro atoms. The molecule has 0 unspecified atom stereocenters. The number of rotatable bonds is 7. The zero-order valence-corrected chi connectivity index (χ0v) is 20.7. The number of aryl methyl sites for hydroxylation is 1. The van der Waals surface area contributed by atoms with Gasteiger partial charge in [-0.15, -0.1) is 11.3 Å². The number of aromatic nitrogens is 4. The van der Waals surface area contributed by atoms with E-state index in [1.807, 2.05) is 22.4 Å². The summed E-state index contributed by atoms with van der Waals surface area (Å²) in [6, 6.07) is 9.75. The Morgan fingerprint density at radius 3 is 2.63 bits per heavy atom. The summed E-state index contributed by atoms with van der Waals surface area (Å²) in [6.45, 7) is 7.71. The third kappa shape index (κ3) is 5.33. The molecule has 0 saturated carbocycles. The van der Waals surface area contributed by atoms with Crippen molar-refractivity contribution in [2.45, 2.75) is 39.2 Å². The van der Waals surface area contributed by atoms with Gasteiger partial charge in [0.2, 0.25) is 17.6 Å². The van der Waals surface area contributed by atoms with Gasteiger partial charge in [0.15, 0.2) is 4.96 Å². The van der Waals surface area contributed by atoms with Crippen molar-refractivity contribution >= 4 is 22.2 Å². The van der Waals surface area contributed by atoms with Gasteiger partial charge in [0.25, 0.3) is 5.56 Å². The Morgan fingerprint density at radius 1 is 1.11 bits per heavy atom. The monoisotopic (exact) mass is 492 g/mol. The molecule has 5 rings (SSSR count). The number of fused-ring (bicyclic) bond motifs is 1. The van der Waals surface area contributed by atoms with Gasteiger partial charge in [0.05, 0.1) is 5.69 Å². The molecule has 1 aliphatic rings. The molecule has 0 bridgehead atoms. The van der Waals surface area contributed by atoms with Gasteiger partial charge >= 0.3 is 0 Å². The normalized spacial score (nSPS) is 14.8. The van der Waals surface area contributed by atoms with Crippen molar-refractivity contribution in [3.8, 4) is 11.4 Å². The van der Waals surface area contributed by atoms with E-state index in [1.165, 1.54) is 16.9 Å². The molecule has 4 heterocycles. The van der Waals surface area contributed by atoms with Crippen molar-refractivity contribution < 1.29 is 9.32 Å². The minimum atomic E-state index is -0.0585. The molecule has 9 nitrogen and oxygen atoms in total. The van der Waals surface area contributed by atoms with Crippen molar-refractivity contribution in [2.75, 3.05) is 26.2 Å². The highest BCUT2D eigenvalue weighted by Gasteiger charge is 2.22. The predicted molar refractivity (Wildman–Crippen MR) is 133 cm³/mol. The van der Waals surface area contributed by atoms with Crippen LogP contribution < -0.4 is 5.56 Å². The van der Waals surface area contributed by atoms with E-state index in [0.717, 1.165) is 24.3 Å². The van der Waals surface area contributed by atoms with Gasteiger partial charge < -0.3 is 9.42 Å². The summed E-state index contributed by atoms with van der Waals surface area (Å²) in [5, 5.41) is 5.93. The predicted octanol–water partition coefficient (Wildman–Crippen LogP) is 3.21. The Hall–Kier alpha value is -3.37. The minimum Gasteiger partial charge on any atom is -0.340 e. The van der Waals surface area contributed by atoms with Crippen LogP contribution in [0.4, 0.5) is 0 Å². The minimum absolute atomic E-state index is 0.0585. The molecule has 1 saturated heterocycles. The number of piperazine rings is 1. The summed E-state index contributed by atoms with van der Waals surface area (Å²) >= 11 is 1.45. The molecule has 0 atom stereocenters. The molecule has 1 aromatic carbocycles. The summed E-state index contributed by atoms with van der Waals surface area (Å²) in [6.07, 6.45) is 2.49. The van der Waals surface area contributed by atoms with E-state index >= 15 is 0 Å². The third-order valence-electron chi connectivity index (χ3n) is 6.32. The standard InChI is InChI=1S/C25H28N6O3S/c1-17(2)18-3-5-19(6-4-18)24-27-21(34-28-24)7-8-22(32)30-11-9-29(10-12-30)16-20-15-23(33)31-13-14-35-25(31)26-20/h3-6,13-15,17H,7-12,16H2,1-2H3. The number of thiazole rings is 1. The smallest absolute Gasteiger partial charge is 0.258 e. The van der Waals surface area contributed by atoms with Crippen LogP contribution in [0.5, 0.6) is 0 Å². The summed E-state index contributed by atoms with van der Waals surface area (Å²) in [5.74, 6) is 1.57. The van der Waals surface area contributed by atoms with E-state index in [1.54, 1.807) is 16.7 Å². The second kappa shape index (κ2) is 10.1. The Bertz CT molecular complexity index is 1370. The Morgan fingerprint density at radius 2 is 1.89 bits per heavy atom. The molecule has 0 N–H and O–H groups in total. The fourth-order valence-electron chi connectivity index (χ4n) is 4.22. The molecule has 1 amide bonds. The van der Waals surface area contributed by atoms with E-state index in [9.17, 15) is 9.59 Å². The fourth-order valence-corrected chi connectivity index (χ4v) is 4.95. The van der Waals surface area contributed by atoms with Crippen LogP contribution >= 0.6 is 11.3 Å². The van der Waals surface area contributed by atoms with Crippen LogP contribution in [0.25, 0.3) is 16.3 Å². The van der Waals surface area contributed by atoms with Crippen molar-refractivity contribution in [3.63, 3.8) is 0 Å². The van der Waals surface area contributed by atoms with Crippen LogP contribution in [-0.2, 0) is 17.8 Å². The lowest BCUT2D eigenvalue weighted by Crippen LogP contribution is -2.48. The average Bonchev–Trinajstić information content (AvgIpc) is 3.53. The van der Waals surface area contributed by atoms with Crippen LogP contribution in [0.3, 0.4) is 0 Å². The number of carbonyl (C=O) groups is 1. The first-order valence-electron chi connectivity index (χ1n) is 11.8. The molecule has 10 heteroatoms. The molecule has 35 heavy (non-hydrogen) atoms. The Labute approximate surface area is 207 Å². The van der Waals surface area contributed by atoms with Crippen LogP contribution in [0.2, 0.25) is 0 Å². The van der Waals surface area contributed by atoms with E-state index < -0.39 is 0 Å². The van der Waals surface area contributed by atoms with E-state index in [-0.39, 0.29) is 11.5 Å². The molecule has 0 radical (unpaired) electrons. The summed E-state index contributed by atoms with van der Waals surface area (Å²) in [5.41, 5.74) is 2.87. The van der Waals surface area contributed by atoms with Crippen molar-refractivity contribution in [2.24, 2.45) is 0 Å².